The van der Waals surface area contributed by atoms with Crippen LogP contribution in [0.4, 0.5) is 17.6 Å². The van der Waals surface area contributed by atoms with Gasteiger partial charge in [-0.3, -0.25) is 14.9 Å². The SMILES string of the molecule is Cc1cc(Nc2nc(N[C@@H]3C[C@H]4CCC[C@@H](C3)N4C(=O)CNCc3cccnc3)nc3sccc23)n[nH]1. The van der Waals surface area contributed by atoms with Crippen molar-refractivity contribution in [2.75, 3.05) is 17.2 Å². The molecule has 2 saturated heterocycles. The molecule has 2 fully saturated rings. The van der Waals surface area contributed by atoms with Crippen molar-refractivity contribution >= 4 is 45.0 Å². The second-order valence-corrected chi connectivity index (χ2v) is 10.8. The minimum atomic E-state index is 0.189. The van der Waals surface area contributed by atoms with Crippen LogP contribution in [-0.2, 0) is 11.3 Å². The number of amides is 1. The number of anilines is 3. The molecule has 37 heavy (non-hydrogen) atoms. The molecule has 1 amide bonds. The Labute approximate surface area is 219 Å². The van der Waals surface area contributed by atoms with Gasteiger partial charge in [0.15, 0.2) is 5.82 Å². The Morgan fingerprint density at radius 1 is 1.22 bits per heavy atom. The number of thiophene rings is 1. The molecule has 11 heteroatoms. The number of aryl methyl sites for hydroxylation is 1. The van der Waals surface area contributed by atoms with Gasteiger partial charge in [-0.05, 0) is 62.1 Å². The molecular formula is C26H31N9OS. The molecule has 0 radical (unpaired) electrons. The lowest BCUT2D eigenvalue weighted by atomic mass is 9.81. The third-order valence-corrected chi connectivity index (χ3v) is 8.01. The molecule has 0 spiro atoms. The molecule has 4 aromatic rings. The van der Waals surface area contributed by atoms with Crippen LogP contribution in [-0.4, -0.2) is 60.6 Å². The van der Waals surface area contributed by atoms with E-state index < -0.39 is 0 Å². The minimum absolute atomic E-state index is 0.189. The monoisotopic (exact) mass is 517 g/mol. The van der Waals surface area contributed by atoms with Crippen LogP contribution in [0.25, 0.3) is 10.2 Å². The summed E-state index contributed by atoms with van der Waals surface area (Å²) in [5.41, 5.74) is 2.06. The molecule has 0 aliphatic carbocycles. The van der Waals surface area contributed by atoms with E-state index in [0.717, 1.165) is 58.8 Å². The number of hydrogen-bond acceptors (Lipinski definition) is 9. The maximum absolute atomic E-state index is 13.2. The van der Waals surface area contributed by atoms with Gasteiger partial charge in [0, 0.05) is 48.8 Å². The lowest BCUT2D eigenvalue weighted by molar-refractivity contribution is -0.139. The fourth-order valence-corrected chi connectivity index (χ4v) is 6.38. The standard InChI is InChI=1S/C26H31N9OS/c1-16-10-22(34-33-16)30-24-21-7-9-37-25(21)32-26(31-24)29-18-11-19-5-2-6-20(12-18)35(19)23(36)15-28-14-17-4-3-8-27-13-17/h3-4,7-10,13,18-20,28H,2,5-6,11-12,14-15H2,1H3,(H3,29,30,31,32,33,34)/t18-,19-,20+. The van der Waals surface area contributed by atoms with Crippen molar-refractivity contribution in [1.29, 1.82) is 0 Å². The van der Waals surface area contributed by atoms with E-state index in [2.05, 4.69) is 36.0 Å². The van der Waals surface area contributed by atoms with Crippen LogP contribution in [0, 0.1) is 6.92 Å². The van der Waals surface area contributed by atoms with Gasteiger partial charge in [0.25, 0.3) is 0 Å². The van der Waals surface area contributed by atoms with Crippen molar-refractivity contribution in [3.63, 3.8) is 0 Å². The number of rotatable bonds is 8. The largest absolute Gasteiger partial charge is 0.351 e. The fourth-order valence-electron chi connectivity index (χ4n) is 5.62. The molecule has 0 aromatic carbocycles. The van der Waals surface area contributed by atoms with Crippen LogP contribution in [0.5, 0.6) is 0 Å². The van der Waals surface area contributed by atoms with E-state index in [1.165, 1.54) is 6.42 Å². The number of fused-ring (bicyclic) bond motifs is 3. The van der Waals surface area contributed by atoms with E-state index in [4.69, 9.17) is 9.97 Å². The Morgan fingerprint density at radius 2 is 2.08 bits per heavy atom. The number of pyridine rings is 1. The first kappa shape index (κ1) is 23.8. The van der Waals surface area contributed by atoms with E-state index in [1.807, 2.05) is 42.8 Å². The van der Waals surface area contributed by atoms with Crippen molar-refractivity contribution in [1.82, 2.24) is 35.4 Å². The number of carbonyl (C=O) groups excluding carboxylic acids is 1. The number of H-pyrrole nitrogens is 1. The summed E-state index contributed by atoms with van der Waals surface area (Å²) in [6, 6.07) is 8.62. The molecule has 2 aliphatic heterocycles. The number of aromatic nitrogens is 5. The molecular weight excluding hydrogens is 486 g/mol. The summed E-state index contributed by atoms with van der Waals surface area (Å²) in [4.78, 5) is 30.0. The lowest BCUT2D eigenvalue weighted by Crippen LogP contribution is -2.58. The van der Waals surface area contributed by atoms with E-state index >= 15 is 0 Å². The molecule has 192 valence electrons. The highest BCUT2D eigenvalue weighted by Gasteiger charge is 2.40. The zero-order chi connectivity index (χ0) is 25.2. The summed E-state index contributed by atoms with van der Waals surface area (Å²) in [5, 5.41) is 20.5. The third-order valence-electron chi connectivity index (χ3n) is 7.20. The van der Waals surface area contributed by atoms with Gasteiger partial charge in [0.2, 0.25) is 11.9 Å². The van der Waals surface area contributed by atoms with Gasteiger partial charge in [-0.25, -0.2) is 4.98 Å². The van der Waals surface area contributed by atoms with E-state index in [-0.39, 0.29) is 24.0 Å². The quantitative estimate of drug-likeness (QED) is 0.277. The van der Waals surface area contributed by atoms with Gasteiger partial charge in [-0.1, -0.05) is 6.07 Å². The molecule has 2 aliphatic rings. The highest BCUT2D eigenvalue weighted by molar-refractivity contribution is 7.16. The molecule has 4 N–H and O–H groups in total. The maximum atomic E-state index is 13.2. The van der Waals surface area contributed by atoms with Crippen LogP contribution in [0.1, 0.15) is 43.4 Å². The average molecular weight is 518 g/mol. The topological polar surface area (TPSA) is 124 Å². The number of nitrogens with zero attached hydrogens (tertiary/aromatic N) is 5. The van der Waals surface area contributed by atoms with Crippen LogP contribution in [0.3, 0.4) is 0 Å². The molecule has 0 unspecified atom stereocenters. The zero-order valence-electron chi connectivity index (χ0n) is 20.8. The van der Waals surface area contributed by atoms with Crippen molar-refractivity contribution < 1.29 is 4.79 Å². The summed E-state index contributed by atoms with van der Waals surface area (Å²) < 4.78 is 0. The number of hydrogen-bond donors (Lipinski definition) is 4. The Hall–Kier alpha value is -3.57. The predicted octanol–water partition coefficient (Wildman–Crippen LogP) is 3.98. The zero-order valence-corrected chi connectivity index (χ0v) is 21.6. The van der Waals surface area contributed by atoms with Crippen molar-refractivity contribution in [3.05, 3.63) is 53.3 Å². The van der Waals surface area contributed by atoms with E-state index in [9.17, 15) is 4.79 Å². The molecule has 6 heterocycles. The van der Waals surface area contributed by atoms with Crippen LogP contribution in [0.2, 0.25) is 0 Å². The second-order valence-electron chi connectivity index (χ2n) is 9.91. The van der Waals surface area contributed by atoms with Gasteiger partial charge < -0.3 is 20.9 Å². The van der Waals surface area contributed by atoms with Gasteiger partial charge >= 0.3 is 0 Å². The predicted molar refractivity (Wildman–Crippen MR) is 145 cm³/mol. The highest BCUT2D eigenvalue weighted by Crippen LogP contribution is 2.36. The molecule has 3 atom stereocenters. The average Bonchev–Trinajstić information content (AvgIpc) is 3.53. The minimum Gasteiger partial charge on any atom is -0.351 e. The summed E-state index contributed by atoms with van der Waals surface area (Å²) in [5.74, 6) is 2.28. The normalized spacial score (nSPS) is 21.2. The number of nitrogens with one attached hydrogen (secondary N) is 4. The fraction of sp³-hybridized carbons (Fsp3) is 0.423. The first-order chi connectivity index (χ1) is 18.1. The van der Waals surface area contributed by atoms with Crippen LogP contribution >= 0.6 is 11.3 Å². The number of piperidine rings is 2. The lowest BCUT2D eigenvalue weighted by Gasteiger charge is -2.49. The van der Waals surface area contributed by atoms with Gasteiger partial charge in [-0.2, -0.15) is 10.1 Å². The molecule has 4 aromatic heterocycles. The maximum Gasteiger partial charge on any atom is 0.237 e. The first-order valence-corrected chi connectivity index (χ1v) is 13.7. The summed E-state index contributed by atoms with van der Waals surface area (Å²) in [6.45, 7) is 2.96. The molecule has 10 nitrogen and oxygen atoms in total. The Morgan fingerprint density at radius 3 is 2.84 bits per heavy atom. The van der Waals surface area contributed by atoms with Gasteiger partial charge in [0.1, 0.15) is 10.6 Å². The Kier molecular flexibility index (Phi) is 6.71. The second kappa shape index (κ2) is 10.4. The molecule has 0 saturated carbocycles. The summed E-state index contributed by atoms with van der Waals surface area (Å²) in [7, 11) is 0. The van der Waals surface area contributed by atoms with Gasteiger partial charge in [-0.15, -0.1) is 11.3 Å². The van der Waals surface area contributed by atoms with E-state index in [0.29, 0.717) is 19.0 Å². The van der Waals surface area contributed by atoms with Crippen molar-refractivity contribution in [2.45, 2.75) is 63.7 Å². The highest BCUT2D eigenvalue weighted by atomic mass is 32.1. The number of carbonyl (C=O) groups is 1. The molecule has 6 rings (SSSR count). The number of aromatic amines is 1. The van der Waals surface area contributed by atoms with Crippen LogP contribution < -0.4 is 16.0 Å². The first-order valence-electron chi connectivity index (χ1n) is 12.8. The smallest absolute Gasteiger partial charge is 0.237 e. The van der Waals surface area contributed by atoms with Crippen LogP contribution in [0.15, 0.2) is 42.0 Å². The van der Waals surface area contributed by atoms with Crippen molar-refractivity contribution in [2.24, 2.45) is 0 Å². The Balaban J connectivity index is 1.12. The summed E-state index contributed by atoms with van der Waals surface area (Å²) in [6.07, 6.45) is 8.64. The Bertz CT molecular complexity index is 1360. The van der Waals surface area contributed by atoms with Crippen molar-refractivity contribution in [3.8, 4) is 0 Å². The summed E-state index contributed by atoms with van der Waals surface area (Å²) >= 11 is 1.60. The molecule has 2 bridgehead atoms. The van der Waals surface area contributed by atoms with E-state index in [1.54, 1.807) is 17.5 Å². The van der Waals surface area contributed by atoms with Gasteiger partial charge in [0.05, 0.1) is 11.9 Å². The third kappa shape index (κ3) is 5.28.